The third-order valence-electron chi connectivity index (χ3n) is 1.96. The van der Waals surface area contributed by atoms with Crippen LogP contribution in [0, 0.1) is 0 Å². The molecular formula is C10H11BrN2O4S. The summed E-state index contributed by atoms with van der Waals surface area (Å²) in [6.07, 6.45) is 3.93. The second-order valence-corrected chi connectivity index (χ2v) is 6.17. The summed E-state index contributed by atoms with van der Waals surface area (Å²) < 4.78 is 25.6. The summed E-state index contributed by atoms with van der Waals surface area (Å²) in [7, 11) is -3.89. The van der Waals surface area contributed by atoms with Gasteiger partial charge in [0.15, 0.2) is 0 Å². The summed E-state index contributed by atoms with van der Waals surface area (Å²) in [6, 6.07) is 1.36. The van der Waals surface area contributed by atoms with Crippen LogP contribution in [0.5, 0.6) is 0 Å². The Labute approximate surface area is 113 Å². The van der Waals surface area contributed by atoms with Gasteiger partial charge in [-0.1, -0.05) is 6.08 Å². The van der Waals surface area contributed by atoms with E-state index in [1.165, 1.54) is 18.3 Å². The fourth-order valence-corrected chi connectivity index (χ4v) is 3.09. The molecule has 0 aliphatic carbocycles. The highest BCUT2D eigenvalue weighted by Gasteiger charge is 2.25. The van der Waals surface area contributed by atoms with E-state index in [1.54, 1.807) is 0 Å². The third kappa shape index (κ3) is 3.62. The molecule has 6 nitrogen and oxygen atoms in total. The first-order valence-electron chi connectivity index (χ1n) is 4.81. The molecule has 0 unspecified atom stereocenters. The molecule has 0 radical (unpaired) electrons. The Bertz CT molecular complexity index is 559. The lowest BCUT2D eigenvalue weighted by molar-refractivity contribution is -0.137. The number of hydrogen-bond acceptors (Lipinski definition) is 4. The van der Waals surface area contributed by atoms with E-state index in [9.17, 15) is 13.2 Å². The van der Waals surface area contributed by atoms with Crippen LogP contribution < -0.4 is 0 Å². The van der Waals surface area contributed by atoms with E-state index >= 15 is 0 Å². The topological polar surface area (TPSA) is 87.6 Å². The van der Waals surface area contributed by atoms with Gasteiger partial charge in [-0.25, -0.2) is 8.42 Å². The number of sulfonamides is 1. The Balaban J connectivity index is 3.16. The molecule has 0 atom stereocenters. The molecule has 0 aromatic carbocycles. The van der Waals surface area contributed by atoms with Gasteiger partial charge in [-0.05, 0) is 22.0 Å². The molecule has 8 heteroatoms. The Morgan fingerprint density at radius 2 is 2.22 bits per heavy atom. The van der Waals surface area contributed by atoms with Crippen molar-refractivity contribution in [3.05, 3.63) is 35.6 Å². The number of aliphatic carboxylic acids is 1. The van der Waals surface area contributed by atoms with Crippen molar-refractivity contribution in [1.82, 2.24) is 9.29 Å². The molecular weight excluding hydrogens is 324 g/mol. The molecule has 0 bridgehead atoms. The minimum atomic E-state index is -3.89. The van der Waals surface area contributed by atoms with Gasteiger partial charge in [-0.2, -0.15) is 4.31 Å². The third-order valence-corrected chi connectivity index (χ3v) is 4.17. The van der Waals surface area contributed by atoms with Crippen LogP contribution >= 0.6 is 15.9 Å². The lowest BCUT2D eigenvalue weighted by Crippen LogP contribution is -2.35. The van der Waals surface area contributed by atoms with Crippen LogP contribution in [0.1, 0.15) is 0 Å². The van der Waals surface area contributed by atoms with Gasteiger partial charge in [0.05, 0.1) is 0 Å². The second kappa shape index (κ2) is 6.07. The Hall–Kier alpha value is -1.25. The molecule has 18 heavy (non-hydrogen) atoms. The highest BCUT2D eigenvalue weighted by molar-refractivity contribution is 9.10. The normalized spacial score (nSPS) is 11.4. The van der Waals surface area contributed by atoms with Gasteiger partial charge >= 0.3 is 5.97 Å². The van der Waals surface area contributed by atoms with Gasteiger partial charge in [0.2, 0.25) is 10.0 Å². The van der Waals surface area contributed by atoms with E-state index in [0.717, 1.165) is 10.5 Å². The van der Waals surface area contributed by atoms with Gasteiger partial charge in [0, 0.05) is 23.4 Å². The monoisotopic (exact) mass is 334 g/mol. The molecule has 1 aromatic rings. The summed E-state index contributed by atoms with van der Waals surface area (Å²) in [6.45, 7) is 2.70. The van der Waals surface area contributed by atoms with Crippen LogP contribution in [0.4, 0.5) is 0 Å². The number of carboxylic acid groups (broad SMARTS) is 1. The van der Waals surface area contributed by atoms with E-state index in [0.29, 0.717) is 4.47 Å². The highest BCUT2D eigenvalue weighted by atomic mass is 79.9. The SMILES string of the molecule is C=CCN(CC(=O)O)S(=O)(=O)c1cncc(Br)c1. The quantitative estimate of drug-likeness (QED) is 0.787. The fraction of sp³-hybridized carbons (Fsp3) is 0.200. The molecule has 0 aliphatic rings. The number of rotatable bonds is 6. The molecule has 1 N–H and O–H groups in total. The van der Waals surface area contributed by atoms with Crippen molar-refractivity contribution < 1.29 is 18.3 Å². The molecule has 0 spiro atoms. The standard InChI is InChI=1S/C10H11BrN2O4S/c1-2-3-13(7-10(14)15)18(16,17)9-4-8(11)5-12-6-9/h2,4-6H,1,3,7H2,(H,14,15). The number of aromatic nitrogens is 1. The molecule has 0 aliphatic heterocycles. The molecule has 0 fully saturated rings. The summed E-state index contributed by atoms with van der Waals surface area (Å²) in [5.74, 6) is -1.23. The largest absolute Gasteiger partial charge is 0.480 e. The average Bonchev–Trinajstić information content (AvgIpc) is 2.28. The summed E-state index contributed by atoms with van der Waals surface area (Å²) >= 11 is 3.11. The van der Waals surface area contributed by atoms with Gasteiger partial charge in [-0.15, -0.1) is 6.58 Å². The summed E-state index contributed by atoms with van der Waals surface area (Å²) in [5, 5.41) is 8.71. The first-order chi connectivity index (χ1) is 8.37. The van der Waals surface area contributed by atoms with Crippen LogP contribution in [0.2, 0.25) is 0 Å². The van der Waals surface area contributed by atoms with Crippen molar-refractivity contribution in [3.63, 3.8) is 0 Å². The first kappa shape index (κ1) is 14.8. The number of pyridine rings is 1. The summed E-state index contributed by atoms with van der Waals surface area (Å²) in [5.41, 5.74) is 0. The maximum atomic E-state index is 12.2. The molecule has 0 saturated heterocycles. The number of halogens is 1. The molecule has 0 amide bonds. The predicted octanol–water partition coefficient (Wildman–Crippen LogP) is 1.11. The van der Waals surface area contributed by atoms with Crippen molar-refractivity contribution >= 4 is 31.9 Å². The molecule has 98 valence electrons. The fourth-order valence-electron chi connectivity index (χ4n) is 1.23. The molecule has 1 heterocycles. The van der Waals surface area contributed by atoms with E-state index in [1.807, 2.05) is 0 Å². The molecule has 0 saturated carbocycles. The van der Waals surface area contributed by atoms with Crippen LogP contribution in [-0.4, -0.2) is 41.9 Å². The van der Waals surface area contributed by atoms with Crippen LogP contribution in [0.25, 0.3) is 0 Å². The van der Waals surface area contributed by atoms with Crippen LogP contribution in [0.3, 0.4) is 0 Å². The maximum absolute atomic E-state index is 12.2. The highest BCUT2D eigenvalue weighted by Crippen LogP contribution is 2.18. The zero-order chi connectivity index (χ0) is 13.8. The van der Waals surface area contributed by atoms with Crippen molar-refractivity contribution in [2.45, 2.75) is 4.90 Å². The van der Waals surface area contributed by atoms with Gasteiger partial charge in [0.1, 0.15) is 11.4 Å². The average molecular weight is 335 g/mol. The van der Waals surface area contributed by atoms with Crippen LogP contribution in [-0.2, 0) is 14.8 Å². The second-order valence-electron chi connectivity index (χ2n) is 3.32. The van der Waals surface area contributed by atoms with E-state index in [2.05, 4.69) is 27.5 Å². The van der Waals surface area contributed by atoms with Crippen molar-refractivity contribution in [2.75, 3.05) is 13.1 Å². The number of hydrogen-bond donors (Lipinski definition) is 1. The first-order valence-corrected chi connectivity index (χ1v) is 7.04. The number of carboxylic acids is 1. The summed E-state index contributed by atoms with van der Waals surface area (Å²) in [4.78, 5) is 14.3. The molecule has 1 rings (SSSR count). The van der Waals surface area contributed by atoms with E-state index in [-0.39, 0.29) is 11.4 Å². The minimum absolute atomic E-state index is 0.0695. The van der Waals surface area contributed by atoms with E-state index < -0.39 is 22.5 Å². The van der Waals surface area contributed by atoms with Crippen molar-refractivity contribution in [1.29, 1.82) is 0 Å². The number of nitrogens with zero attached hydrogens (tertiary/aromatic N) is 2. The smallest absolute Gasteiger partial charge is 0.318 e. The molecule has 1 aromatic heterocycles. The van der Waals surface area contributed by atoms with Crippen molar-refractivity contribution in [2.24, 2.45) is 0 Å². The lowest BCUT2D eigenvalue weighted by Gasteiger charge is -2.18. The Morgan fingerprint density at radius 1 is 1.56 bits per heavy atom. The van der Waals surface area contributed by atoms with Gasteiger partial charge in [-0.3, -0.25) is 9.78 Å². The maximum Gasteiger partial charge on any atom is 0.318 e. The zero-order valence-electron chi connectivity index (χ0n) is 9.28. The minimum Gasteiger partial charge on any atom is -0.480 e. The Morgan fingerprint density at radius 3 is 2.72 bits per heavy atom. The Kier molecular flexibility index (Phi) is 5.00. The zero-order valence-corrected chi connectivity index (χ0v) is 11.7. The van der Waals surface area contributed by atoms with Crippen LogP contribution in [0.15, 0.2) is 40.5 Å². The van der Waals surface area contributed by atoms with E-state index in [4.69, 9.17) is 5.11 Å². The van der Waals surface area contributed by atoms with Crippen molar-refractivity contribution in [3.8, 4) is 0 Å². The predicted molar refractivity (Wildman–Crippen MR) is 68.5 cm³/mol. The lowest BCUT2D eigenvalue weighted by atomic mass is 10.5. The van der Waals surface area contributed by atoms with Gasteiger partial charge < -0.3 is 5.11 Å². The van der Waals surface area contributed by atoms with Gasteiger partial charge in [0.25, 0.3) is 0 Å². The number of carbonyl (C=O) groups is 1.